The quantitative estimate of drug-likeness (QED) is 0.571. The number of phenols is 1. The summed E-state index contributed by atoms with van der Waals surface area (Å²) in [5, 5.41) is 29.4. The first-order valence-electron chi connectivity index (χ1n) is 6.96. The van der Waals surface area contributed by atoms with E-state index in [0.29, 0.717) is 18.2 Å². The topological polar surface area (TPSA) is 131 Å². The molecular formula is C15H8ClF3N2O6S. The lowest BCUT2D eigenvalue weighted by Crippen LogP contribution is -2.16. The zero-order valence-electron chi connectivity index (χ0n) is 13.6. The van der Waals surface area contributed by atoms with Crippen molar-refractivity contribution >= 4 is 27.1 Å². The molecule has 0 aliphatic heterocycles. The first-order chi connectivity index (χ1) is 12.8. The van der Waals surface area contributed by atoms with Gasteiger partial charge in [-0.15, -0.1) is 0 Å². The van der Waals surface area contributed by atoms with E-state index in [4.69, 9.17) is 16.9 Å². The number of alkyl halides is 3. The van der Waals surface area contributed by atoms with Crippen molar-refractivity contribution in [2.75, 3.05) is 7.11 Å². The van der Waals surface area contributed by atoms with Crippen LogP contribution in [-0.4, -0.2) is 25.6 Å². The van der Waals surface area contributed by atoms with Gasteiger partial charge in [-0.25, -0.2) is 8.42 Å². The van der Waals surface area contributed by atoms with E-state index in [-0.39, 0.29) is 0 Å². The summed E-state index contributed by atoms with van der Waals surface area (Å²) >= 11 is 5.55. The van der Waals surface area contributed by atoms with E-state index in [1.54, 1.807) is 0 Å². The van der Waals surface area contributed by atoms with Gasteiger partial charge in [0.15, 0.2) is 5.75 Å². The van der Waals surface area contributed by atoms with Crippen LogP contribution in [0, 0.1) is 21.4 Å². The van der Waals surface area contributed by atoms with Gasteiger partial charge in [0.25, 0.3) is 0 Å². The Labute approximate surface area is 160 Å². The molecule has 0 unspecified atom stereocenters. The molecule has 2 aromatic rings. The van der Waals surface area contributed by atoms with Crippen LogP contribution in [0.15, 0.2) is 34.1 Å². The molecule has 0 fully saturated rings. The Morgan fingerprint density at radius 3 is 2.36 bits per heavy atom. The van der Waals surface area contributed by atoms with Crippen molar-refractivity contribution in [2.24, 2.45) is 0 Å². The van der Waals surface area contributed by atoms with Crippen LogP contribution in [0.25, 0.3) is 0 Å². The van der Waals surface area contributed by atoms with Crippen LogP contribution in [0.2, 0.25) is 5.02 Å². The number of nitriles is 1. The van der Waals surface area contributed by atoms with Gasteiger partial charge in [0.05, 0.1) is 28.1 Å². The van der Waals surface area contributed by atoms with Gasteiger partial charge >= 0.3 is 11.9 Å². The van der Waals surface area contributed by atoms with Crippen LogP contribution in [0.3, 0.4) is 0 Å². The van der Waals surface area contributed by atoms with Crippen LogP contribution >= 0.6 is 11.6 Å². The maximum Gasteiger partial charge on any atom is 0.417 e. The van der Waals surface area contributed by atoms with Crippen molar-refractivity contribution in [3.63, 3.8) is 0 Å². The lowest BCUT2D eigenvalue weighted by Gasteiger charge is -2.16. The standard InChI is InChI=1S/C15H8ClF3N2O6S/c1-27-12-5-9(4-11(13(12)22)21(23)24)28(25,26)14-7(6-20)2-8(16)3-10(14)15(17,18)19/h2-5,22H,1H3. The Bertz CT molecular complexity index is 1130. The second-order valence-electron chi connectivity index (χ2n) is 5.19. The highest BCUT2D eigenvalue weighted by Gasteiger charge is 2.41. The van der Waals surface area contributed by atoms with E-state index in [9.17, 15) is 36.8 Å². The molecule has 0 bridgehead atoms. The fourth-order valence-corrected chi connectivity index (χ4v) is 4.15. The minimum Gasteiger partial charge on any atom is -0.500 e. The molecule has 0 saturated carbocycles. The first-order valence-corrected chi connectivity index (χ1v) is 8.82. The van der Waals surface area contributed by atoms with Gasteiger partial charge in [0, 0.05) is 17.2 Å². The molecule has 1 N–H and O–H groups in total. The third-order valence-electron chi connectivity index (χ3n) is 3.50. The number of aromatic hydroxyl groups is 1. The molecule has 0 radical (unpaired) electrons. The average molecular weight is 437 g/mol. The maximum absolute atomic E-state index is 13.4. The Morgan fingerprint density at radius 2 is 1.89 bits per heavy atom. The van der Waals surface area contributed by atoms with Crippen molar-refractivity contribution in [3.05, 3.63) is 50.5 Å². The number of halogens is 4. The molecule has 0 saturated heterocycles. The summed E-state index contributed by atoms with van der Waals surface area (Å²) in [6, 6.07) is 3.33. The van der Waals surface area contributed by atoms with Crippen molar-refractivity contribution in [3.8, 4) is 17.6 Å². The molecule has 2 aromatic carbocycles. The molecule has 28 heavy (non-hydrogen) atoms. The monoisotopic (exact) mass is 436 g/mol. The number of benzene rings is 2. The predicted molar refractivity (Wildman–Crippen MR) is 87.9 cm³/mol. The number of rotatable bonds is 4. The van der Waals surface area contributed by atoms with Crippen molar-refractivity contribution in [2.45, 2.75) is 16.0 Å². The van der Waals surface area contributed by atoms with Gasteiger partial charge < -0.3 is 9.84 Å². The Kier molecular flexibility index (Phi) is 5.45. The predicted octanol–water partition coefficient (Wildman–Crippen LogP) is 3.69. The van der Waals surface area contributed by atoms with Crippen LogP contribution < -0.4 is 4.74 Å². The zero-order valence-corrected chi connectivity index (χ0v) is 15.2. The van der Waals surface area contributed by atoms with Crippen LogP contribution in [-0.2, 0) is 16.0 Å². The van der Waals surface area contributed by atoms with Crippen molar-refractivity contribution in [1.29, 1.82) is 5.26 Å². The number of nitro benzene ring substituents is 1. The van der Waals surface area contributed by atoms with Crippen LogP contribution in [0.5, 0.6) is 11.5 Å². The second kappa shape index (κ2) is 7.17. The Hall–Kier alpha value is -3.04. The molecule has 0 heterocycles. The molecule has 0 aliphatic rings. The summed E-state index contributed by atoms with van der Waals surface area (Å²) in [4.78, 5) is 7.49. The fraction of sp³-hybridized carbons (Fsp3) is 0.133. The first kappa shape index (κ1) is 21.3. The molecule has 8 nitrogen and oxygen atoms in total. The van der Waals surface area contributed by atoms with Gasteiger partial charge in [0.1, 0.15) is 11.0 Å². The average Bonchev–Trinajstić information content (AvgIpc) is 2.59. The van der Waals surface area contributed by atoms with Gasteiger partial charge in [-0.1, -0.05) is 11.6 Å². The third kappa shape index (κ3) is 3.67. The molecule has 148 valence electrons. The number of hydrogen-bond acceptors (Lipinski definition) is 7. The van der Waals surface area contributed by atoms with Crippen molar-refractivity contribution < 1.29 is 36.4 Å². The van der Waals surface area contributed by atoms with E-state index in [2.05, 4.69) is 4.74 Å². The second-order valence-corrected chi connectivity index (χ2v) is 7.52. The maximum atomic E-state index is 13.4. The largest absolute Gasteiger partial charge is 0.500 e. The summed E-state index contributed by atoms with van der Waals surface area (Å²) < 4.78 is 70.6. The number of ether oxygens (including phenoxy) is 1. The van der Waals surface area contributed by atoms with E-state index >= 15 is 0 Å². The summed E-state index contributed by atoms with van der Waals surface area (Å²) in [6.07, 6.45) is -5.20. The molecule has 13 heteroatoms. The summed E-state index contributed by atoms with van der Waals surface area (Å²) in [6.45, 7) is 0. The van der Waals surface area contributed by atoms with Gasteiger partial charge in [-0.2, -0.15) is 18.4 Å². The lowest BCUT2D eigenvalue weighted by atomic mass is 10.1. The highest BCUT2D eigenvalue weighted by atomic mass is 35.5. The van der Waals surface area contributed by atoms with Gasteiger partial charge in [-0.05, 0) is 12.1 Å². The number of nitrogens with zero attached hydrogens (tertiary/aromatic N) is 2. The zero-order chi connectivity index (χ0) is 21.4. The molecular weight excluding hydrogens is 429 g/mol. The highest BCUT2D eigenvalue weighted by Crippen LogP contribution is 2.43. The number of nitro groups is 1. The van der Waals surface area contributed by atoms with Crippen LogP contribution in [0.1, 0.15) is 11.1 Å². The SMILES string of the molecule is COc1cc(S(=O)(=O)c2c(C#N)cc(Cl)cc2C(F)(F)F)cc([N+](=O)[O-])c1O. The molecule has 2 rings (SSSR count). The van der Waals surface area contributed by atoms with E-state index in [1.807, 2.05) is 0 Å². The normalized spacial score (nSPS) is 11.7. The van der Waals surface area contributed by atoms with E-state index in [0.717, 1.165) is 13.2 Å². The van der Waals surface area contributed by atoms with Gasteiger partial charge in [0.2, 0.25) is 15.6 Å². The summed E-state index contributed by atoms with van der Waals surface area (Å²) in [5.74, 6) is -1.67. The molecule has 0 amide bonds. The number of sulfone groups is 1. The molecule has 0 spiro atoms. The molecule has 0 atom stereocenters. The molecule has 0 aromatic heterocycles. The van der Waals surface area contributed by atoms with Gasteiger partial charge in [-0.3, -0.25) is 10.1 Å². The van der Waals surface area contributed by atoms with E-state index < -0.39 is 64.1 Å². The van der Waals surface area contributed by atoms with Crippen molar-refractivity contribution in [1.82, 2.24) is 0 Å². The number of hydrogen-bond donors (Lipinski definition) is 1. The third-order valence-corrected chi connectivity index (χ3v) is 5.56. The molecule has 0 aliphatic carbocycles. The fourth-order valence-electron chi connectivity index (χ4n) is 2.31. The van der Waals surface area contributed by atoms with Crippen LogP contribution in [0.4, 0.5) is 18.9 Å². The number of phenolic OH excluding ortho intramolecular Hbond substituents is 1. The summed E-state index contributed by atoms with van der Waals surface area (Å²) in [5.41, 5.74) is -3.74. The minimum atomic E-state index is -5.20. The smallest absolute Gasteiger partial charge is 0.417 e. The highest BCUT2D eigenvalue weighted by molar-refractivity contribution is 7.91. The minimum absolute atomic E-state index is 0.321. The van der Waals surface area contributed by atoms with E-state index in [1.165, 1.54) is 6.07 Å². The summed E-state index contributed by atoms with van der Waals surface area (Å²) in [7, 11) is -4.16. The lowest BCUT2D eigenvalue weighted by molar-refractivity contribution is -0.386. The Balaban J connectivity index is 2.96. The number of methoxy groups -OCH3 is 1. The Morgan fingerprint density at radius 1 is 1.29 bits per heavy atom.